The second-order valence-corrected chi connectivity index (χ2v) is 7.97. The standard InChI is InChI=1S/C23H27ClN4O3/c1-30-19-6-4-5-18(22(19)24)28-14-12-27(13-15-28)11-2-3-16-31-21-10-8-17-7-9-20(29)25-23(17)26-21/h4-10H,2-3,11-16H2,1H3,(H,25,26,29). The lowest BCUT2D eigenvalue weighted by Gasteiger charge is -2.36. The lowest BCUT2D eigenvalue weighted by Crippen LogP contribution is -2.46. The fourth-order valence-corrected chi connectivity index (χ4v) is 4.14. The summed E-state index contributed by atoms with van der Waals surface area (Å²) in [5.74, 6) is 1.26. The van der Waals surface area contributed by atoms with E-state index in [9.17, 15) is 4.79 Å². The number of piperazine rings is 1. The largest absolute Gasteiger partial charge is 0.495 e. The number of anilines is 1. The molecule has 31 heavy (non-hydrogen) atoms. The Morgan fingerprint density at radius 2 is 1.87 bits per heavy atom. The third kappa shape index (κ3) is 5.29. The van der Waals surface area contributed by atoms with E-state index in [-0.39, 0.29) is 5.56 Å². The van der Waals surface area contributed by atoms with Crippen molar-refractivity contribution in [2.24, 2.45) is 0 Å². The van der Waals surface area contributed by atoms with Gasteiger partial charge in [-0.3, -0.25) is 9.69 Å². The maximum atomic E-state index is 11.4. The van der Waals surface area contributed by atoms with Gasteiger partial charge in [-0.05, 0) is 43.7 Å². The van der Waals surface area contributed by atoms with Gasteiger partial charge in [0.05, 0.1) is 19.4 Å². The molecule has 0 unspecified atom stereocenters. The van der Waals surface area contributed by atoms with Crippen LogP contribution in [0.2, 0.25) is 5.02 Å². The van der Waals surface area contributed by atoms with E-state index in [1.54, 1.807) is 13.2 Å². The summed E-state index contributed by atoms with van der Waals surface area (Å²) in [5, 5.41) is 1.57. The Morgan fingerprint density at radius 3 is 2.68 bits per heavy atom. The molecule has 1 aliphatic heterocycles. The zero-order valence-corrected chi connectivity index (χ0v) is 18.4. The number of pyridine rings is 2. The fourth-order valence-electron chi connectivity index (χ4n) is 3.82. The molecule has 0 aliphatic carbocycles. The number of nitrogens with one attached hydrogen (secondary N) is 1. The first-order chi connectivity index (χ1) is 15.1. The van der Waals surface area contributed by atoms with Gasteiger partial charge in [0.2, 0.25) is 11.4 Å². The van der Waals surface area contributed by atoms with Crippen LogP contribution in [0.4, 0.5) is 5.69 Å². The molecule has 8 heteroatoms. The van der Waals surface area contributed by atoms with Crippen LogP contribution in [0.1, 0.15) is 12.8 Å². The van der Waals surface area contributed by atoms with Crippen molar-refractivity contribution in [1.29, 1.82) is 0 Å². The first-order valence-electron chi connectivity index (χ1n) is 10.6. The minimum absolute atomic E-state index is 0.161. The summed E-state index contributed by atoms with van der Waals surface area (Å²) in [6.45, 7) is 5.56. The Balaban J connectivity index is 1.18. The Hall–Kier alpha value is -2.77. The number of methoxy groups -OCH3 is 1. The zero-order valence-electron chi connectivity index (χ0n) is 17.6. The van der Waals surface area contributed by atoms with Gasteiger partial charge in [-0.2, -0.15) is 4.98 Å². The van der Waals surface area contributed by atoms with Crippen molar-refractivity contribution in [3.8, 4) is 11.6 Å². The van der Waals surface area contributed by atoms with Gasteiger partial charge >= 0.3 is 0 Å². The van der Waals surface area contributed by atoms with Crippen LogP contribution in [0.3, 0.4) is 0 Å². The predicted octanol–water partition coefficient (Wildman–Crippen LogP) is 3.57. The first kappa shape index (κ1) is 21.5. The highest BCUT2D eigenvalue weighted by atomic mass is 35.5. The number of ether oxygens (including phenoxy) is 2. The van der Waals surface area contributed by atoms with E-state index < -0.39 is 0 Å². The molecule has 0 saturated carbocycles. The number of H-pyrrole nitrogens is 1. The Kier molecular flexibility index (Phi) is 6.94. The lowest BCUT2D eigenvalue weighted by molar-refractivity contribution is 0.236. The second-order valence-electron chi connectivity index (χ2n) is 7.59. The van der Waals surface area contributed by atoms with Gasteiger partial charge in [-0.25, -0.2) is 0 Å². The Labute approximate surface area is 186 Å². The van der Waals surface area contributed by atoms with E-state index >= 15 is 0 Å². The smallest absolute Gasteiger partial charge is 0.249 e. The van der Waals surface area contributed by atoms with Crippen molar-refractivity contribution >= 4 is 28.3 Å². The Morgan fingerprint density at radius 1 is 1.06 bits per heavy atom. The molecule has 0 bridgehead atoms. The molecule has 0 radical (unpaired) electrons. The van der Waals surface area contributed by atoms with Gasteiger partial charge in [-0.1, -0.05) is 17.7 Å². The quantitative estimate of drug-likeness (QED) is 0.538. The summed E-state index contributed by atoms with van der Waals surface area (Å²) in [4.78, 5) is 23.3. The molecule has 164 valence electrons. The van der Waals surface area contributed by atoms with Crippen LogP contribution in [0, 0.1) is 0 Å². The zero-order chi connectivity index (χ0) is 21.6. The normalized spacial score (nSPS) is 14.7. The number of benzene rings is 1. The molecule has 4 rings (SSSR count). The average molecular weight is 443 g/mol. The van der Waals surface area contributed by atoms with E-state index in [1.165, 1.54) is 6.07 Å². The number of nitrogens with zero attached hydrogens (tertiary/aromatic N) is 3. The SMILES string of the molecule is COc1cccc(N2CCN(CCCCOc3ccc4ccc(=O)[nH]c4n3)CC2)c1Cl. The van der Waals surface area contributed by atoms with Crippen LogP contribution in [0.15, 0.2) is 47.3 Å². The molecule has 1 aliphatic rings. The van der Waals surface area contributed by atoms with Crippen molar-refractivity contribution in [3.63, 3.8) is 0 Å². The topological polar surface area (TPSA) is 70.7 Å². The minimum atomic E-state index is -0.161. The summed E-state index contributed by atoms with van der Waals surface area (Å²) >= 11 is 6.47. The van der Waals surface area contributed by atoms with Crippen molar-refractivity contribution in [3.05, 3.63) is 57.8 Å². The maximum Gasteiger partial charge on any atom is 0.249 e. The molecule has 1 aromatic carbocycles. The first-order valence-corrected chi connectivity index (χ1v) is 10.9. The molecule has 2 aromatic heterocycles. The third-order valence-corrected chi connectivity index (χ3v) is 5.93. The number of halogens is 1. The number of aromatic nitrogens is 2. The average Bonchev–Trinajstić information content (AvgIpc) is 2.79. The van der Waals surface area contributed by atoms with Gasteiger partial charge < -0.3 is 19.4 Å². The lowest BCUT2D eigenvalue weighted by atomic mass is 10.2. The summed E-state index contributed by atoms with van der Waals surface area (Å²) in [7, 11) is 1.64. The van der Waals surface area contributed by atoms with Crippen LogP contribution < -0.4 is 19.9 Å². The molecule has 0 spiro atoms. The number of fused-ring (bicyclic) bond motifs is 1. The van der Waals surface area contributed by atoms with Crippen molar-refractivity contribution in [2.45, 2.75) is 12.8 Å². The van der Waals surface area contributed by atoms with E-state index in [4.69, 9.17) is 21.1 Å². The van der Waals surface area contributed by atoms with Crippen molar-refractivity contribution < 1.29 is 9.47 Å². The number of hydrogen-bond donors (Lipinski definition) is 1. The van der Waals surface area contributed by atoms with E-state index in [0.717, 1.165) is 56.6 Å². The van der Waals surface area contributed by atoms with E-state index in [0.29, 0.717) is 28.9 Å². The highest BCUT2D eigenvalue weighted by molar-refractivity contribution is 6.34. The molecule has 3 aromatic rings. The van der Waals surface area contributed by atoms with Gasteiger partial charge in [0.1, 0.15) is 16.4 Å². The second kappa shape index (κ2) is 10.0. The van der Waals surface area contributed by atoms with Crippen LogP contribution in [-0.2, 0) is 0 Å². The highest BCUT2D eigenvalue weighted by Crippen LogP contribution is 2.34. The van der Waals surface area contributed by atoms with Crippen LogP contribution in [0.5, 0.6) is 11.6 Å². The van der Waals surface area contributed by atoms with Gasteiger partial charge in [0.15, 0.2) is 0 Å². The fraction of sp³-hybridized carbons (Fsp3) is 0.391. The van der Waals surface area contributed by atoms with E-state index in [1.807, 2.05) is 30.3 Å². The van der Waals surface area contributed by atoms with Crippen LogP contribution in [0.25, 0.3) is 11.0 Å². The number of unbranched alkanes of at least 4 members (excludes halogenated alkanes) is 1. The summed E-state index contributed by atoms with van der Waals surface area (Å²) in [6, 6.07) is 12.9. The van der Waals surface area contributed by atoms with Gasteiger partial charge in [-0.15, -0.1) is 0 Å². The van der Waals surface area contributed by atoms with Crippen molar-refractivity contribution in [1.82, 2.24) is 14.9 Å². The maximum absolute atomic E-state index is 11.4. The molecule has 3 heterocycles. The summed E-state index contributed by atoms with van der Waals surface area (Å²) in [6.07, 6.45) is 2.01. The molecule has 7 nitrogen and oxygen atoms in total. The predicted molar refractivity (Wildman–Crippen MR) is 124 cm³/mol. The third-order valence-electron chi connectivity index (χ3n) is 5.55. The Bertz CT molecular complexity index is 1080. The summed E-state index contributed by atoms with van der Waals surface area (Å²) in [5.41, 5.74) is 1.43. The molecule has 0 amide bonds. The minimum Gasteiger partial charge on any atom is -0.495 e. The van der Waals surface area contributed by atoms with Crippen molar-refractivity contribution in [2.75, 3.05) is 51.3 Å². The molecule has 1 fully saturated rings. The monoisotopic (exact) mass is 442 g/mol. The molecule has 1 saturated heterocycles. The number of rotatable bonds is 8. The number of aromatic amines is 1. The highest BCUT2D eigenvalue weighted by Gasteiger charge is 2.19. The molecular weight excluding hydrogens is 416 g/mol. The van der Waals surface area contributed by atoms with Crippen LogP contribution in [-0.4, -0.2) is 61.3 Å². The molecule has 0 atom stereocenters. The molecule has 1 N–H and O–H groups in total. The van der Waals surface area contributed by atoms with E-state index in [2.05, 4.69) is 19.8 Å². The number of hydrogen-bond acceptors (Lipinski definition) is 6. The molecular formula is C23H27ClN4O3. The summed E-state index contributed by atoms with van der Waals surface area (Å²) < 4.78 is 11.1. The van der Waals surface area contributed by atoms with Gasteiger partial charge in [0.25, 0.3) is 0 Å². The van der Waals surface area contributed by atoms with Crippen LogP contribution >= 0.6 is 11.6 Å². The van der Waals surface area contributed by atoms with Gasteiger partial charge in [0, 0.05) is 43.7 Å².